The molecule has 6 nitrogen and oxygen atoms in total. The molecule has 0 saturated carbocycles. The van der Waals surface area contributed by atoms with Crippen LogP contribution in [0, 0.1) is 0 Å². The minimum Gasteiger partial charge on any atom is -0.507 e. The van der Waals surface area contributed by atoms with Gasteiger partial charge in [-0.1, -0.05) is 53.2 Å². The van der Waals surface area contributed by atoms with Gasteiger partial charge in [0.25, 0.3) is 11.7 Å². The first-order valence-corrected chi connectivity index (χ1v) is 11.4. The van der Waals surface area contributed by atoms with E-state index in [2.05, 4.69) is 20.9 Å². The van der Waals surface area contributed by atoms with Crippen LogP contribution >= 0.6 is 15.9 Å². The van der Waals surface area contributed by atoms with E-state index >= 15 is 0 Å². The second-order valence-corrected chi connectivity index (χ2v) is 8.64. The Balaban J connectivity index is 1.83. The Labute approximate surface area is 200 Å². The third-order valence-corrected chi connectivity index (χ3v) is 5.85. The van der Waals surface area contributed by atoms with E-state index in [0.717, 1.165) is 16.5 Å². The normalized spacial score (nSPS) is 17.4. The highest BCUT2D eigenvalue weighted by Crippen LogP contribution is 2.41. The van der Waals surface area contributed by atoms with Gasteiger partial charge in [-0.05, 0) is 47.9 Å². The number of rotatable bonds is 7. The topological polar surface area (TPSA) is 79.7 Å². The largest absolute Gasteiger partial charge is 0.507 e. The molecule has 0 aliphatic carbocycles. The predicted octanol–water partition coefficient (Wildman–Crippen LogP) is 5.25. The van der Waals surface area contributed by atoms with Crippen molar-refractivity contribution in [2.45, 2.75) is 25.9 Å². The van der Waals surface area contributed by atoms with Gasteiger partial charge >= 0.3 is 0 Å². The zero-order valence-electron chi connectivity index (χ0n) is 18.1. The summed E-state index contributed by atoms with van der Waals surface area (Å²) in [6, 6.07) is 17.2. The Morgan fingerprint density at radius 3 is 2.67 bits per heavy atom. The molecule has 1 fully saturated rings. The van der Waals surface area contributed by atoms with Gasteiger partial charge in [0.2, 0.25) is 0 Å². The van der Waals surface area contributed by atoms with Crippen molar-refractivity contribution >= 4 is 33.4 Å². The number of pyridine rings is 1. The van der Waals surface area contributed by atoms with E-state index in [4.69, 9.17) is 4.74 Å². The Morgan fingerprint density at radius 2 is 1.94 bits per heavy atom. The van der Waals surface area contributed by atoms with Crippen molar-refractivity contribution < 1.29 is 19.4 Å². The first-order chi connectivity index (χ1) is 16.0. The summed E-state index contributed by atoms with van der Waals surface area (Å²) in [6.07, 6.45) is 4.15. The molecule has 4 rings (SSSR count). The van der Waals surface area contributed by atoms with Crippen LogP contribution in [0.25, 0.3) is 5.76 Å². The molecule has 33 heavy (non-hydrogen) atoms. The molecule has 1 N–H and O–H groups in total. The van der Waals surface area contributed by atoms with Gasteiger partial charge in [-0.3, -0.25) is 14.6 Å². The van der Waals surface area contributed by atoms with Crippen LogP contribution in [0.1, 0.15) is 36.1 Å². The fraction of sp³-hybridized carbons (Fsp3) is 0.192. The summed E-state index contributed by atoms with van der Waals surface area (Å²) in [5.74, 6) is -1.02. The number of nitrogens with zero attached hydrogens (tertiary/aromatic N) is 2. The lowest BCUT2D eigenvalue weighted by Crippen LogP contribution is -2.29. The number of hydrogen-bond acceptors (Lipinski definition) is 5. The van der Waals surface area contributed by atoms with Crippen LogP contribution in [-0.4, -0.2) is 33.3 Å². The van der Waals surface area contributed by atoms with E-state index in [1.807, 2.05) is 37.3 Å². The van der Waals surface area contributed by atoms with E-state index in [1.54, 1.807) is 42.7 Å². The molecular formula is C26H23BrN2O4. The second-order valence-electron chi connectivity index (χ2n) is 7.72. The molecule has 1 amide bonds. The van der Waals surface area contributed by atoms with Gasteiger partial charge in [-0.15, -0.1) is 0 Å². The Bertz CT molecular complexity index is 1210. The van der Waals surface area contributed by atoms with E-state index in [-0.39, 0.29) is 17.9 Å². The number of aromatic nitrogens is 1. The second kappa shape index (κ2) is 10.0. The van der Waals surface area contributed by atoms with E-state index in [9.17, 15) is 14.7 Å². The molecular weight excluding hydrogens is 484 g/mol. The third-order valence-electron chi connectivity index (χ3n) is 5.36. The van der Waals surface area contributed by atoms with Crippen molar-refractivity contribution in [3.05, 3.63) is 99.8 Å². The van der Waals surface area contributed by atoms with E-state index < -0.39 is 17.7 Å². The van der Waals surface area contributed by atoms with Crippen LogP contribution in [0.2, 0.25) is 0 Å². The number of ether oxygens (including phenoxy) is 1. The molecule has 1 unspecified atom stereocenters. The number of carbonyl (C=O) groups excluding carboxylic acids is 2. The molecule has 0 bridgehead atoms. The minimum atomic E-state index is -0.747. The van der Waals surface area contributed by atoms with Crippen LogP contribution < -0.4 is 4.74 Å². The van der Waals surface area contributed by atoms with Crippen LogP contribution in [0.15, 0.2) is 83.1 Å². The fourth-order valence-corrected chi connectivity index (χ4v) is 4.28. The number of aliphatic hydroxyl groups is 1. The zero-order chi connectivity index (χ0) is 23.4. The average molecular weight is 507 g/mol. The average Bonchev–Trinajstić information content (AvgIpc) is 3.08. The van der Waals surface area contributed by atoms with Crippen molar-refractivity contribution in [2.24, 2.45) is 0 Å². The molecule has 2 heterocycles. The first-order valence-electron chi connectivity index (χ1n) is 10.7. The number of aliphatic hydroxyl groups excluding tert-OH is 1. The lowest BCUT2D eigenvalue weighted by atomic mass is 9.95. The molecule has 3 aromatic rings. The summed E-state index contributed by atoms with van der Waals surface area (Å²) >= 11 is 3.47. The van der Waals surface area contributed by atoms with Gasteiger partial charge in [0.05, 0.1) is 18.2 Å². The van der Waals surface area contributed by atoms with Gasteiger partial charge < -0.3 is 14.7 Å². The van der Waals surface area contributed by atoms with Gasteiger partial charge in [-0.25, -0.2) is 0 Å². The molecule has 2 aromatic carbocycles. The van der Waals surface area contributed by atoms with E-state index in [1.165, 1.54) is 4.90 Å². The predicted molar refractivity (Wildman–Crippen MR) is 128 cm³/mol. The van der Waals surface area contributed by atoms with Crippen LogP contribution in [0.3, 0.4) is 0 Å². The Hall–Kier alpha value is -3.45. The highest BCUT2D eigenvalue weighted by atomic mass is 79.9. The quantitative estimate of drug-likeness (QED) is 0.268. The van der Waals surface area contributed by atoms with Gasteiger partial charge in [0, 0.05) is 29.0 Å². The van der Waals surface area contributed by atoms with Crippen molar-refractivity contribution in [2.75, 3.05) is 6.61 Å². The number of Topliss-reactive ketones (excluding diaryl/α,β-unsaturated/α-hetero) is 1. The minimum absolute atomic E-state index is 0.0506. The van der Waals surface area contributed by atoms with Crippen LogP contribution in [-0.2, 0) is 16.1 Å². The van der Waals surface area contributed by atoms with Crippen LogP contribution in [0.5, 0.6) is 5.75 Å². The lowest BCUT2D eigenvalue weighted by molar-refractivity contribution is -0.140. The summed E-state index contributed by atoms with van der Waals surface area (Å²) in [7, 11) is 0. The SMILES string of the molecule is CCCOc1cccc(/C(O)=C2\C(=O)C(=O)N(Cc3cccnc3)C2c2cccc(Br)c2)c1. The molecule has 7 heteroatoms. The summed E-state index contributed by atoms with van der Waals surface area (Å²) in [4.78, 5) is 31.9. The molecule has 1 aliphatic heterocycles. The molecule has 1 saturated heterocycles. The number of amides is 1. The Kier molecular flexibility index (Phi) is 6.89. The third kappa shape index (κ3) is 4.83. The Morgan fingerprint density at radius 1 is 1.12 bits per heavy atom. The number of ketones is 1. The molecule has 0 radical (unpaired) electrons. The molecule has 1 aliphatic rings. The number of hydrogen-bond donors (Lipinski definition) is 1. The lowest BCUT2D eigenvalue weighted by Gasteiger charge is -2.25. The van der Waals surface area contributed by atoms with Crippen LogP contribution in [0.4, 0.5) is 0 Å². The van der Waals surface area contributed by atoms with E-state index in [0.29, 0.717) is 23.5 Å². The van der Waals surface area contributed by atoms with Gasteiger partial charge in [0.15, 0.2) is 0 Å². The smallest absolute Gasteiger partial charge is 0.295 e. The fourth-order valence-electron chi connectivity index (χ4n) is 3.86. The maximum Gasteiger partial charge on any atom is 0.295 e. The highest BCUT2D eigenvalue weighted by molar-refractivity contribution is 9.10. The first kappa shape index (κ1) is 22.7. The number of carbonyl (C=O) groups is 2. The number of benzene rings is 2. The molecule has 1 aromatic heterocycles. The maximum absolute atomic E-state index is 13.2. The van der Waals surface area contributed by atoms with Crippen molar-refractivity contribution in [1.82, 2.24) is 9.88 Å². The zero-order valence-corrected chi connectivity index (χ0v) is 19.7. The highest BCUT2D eigenvalue weighted by Gasteiger charge is 2.46. The summed E-state index contributed by atoms with van der Waals surface area (Å²) in [5.41, 5.74) is 1.97. The molecule has 0 spiro atoms. The summed E-state index contributed by atoms with van der Waals surface area (Å²) in [5, 5.41) is 11.2. The van der Waals surface area contributed by atoms with Crippen molar-refractivity contribution in [3.63, 3.8) is 0 Å². The van der Waals surface area contributed by atoms with Gasteiger partial charge in [-0.2, -0.15) is 0 Å². The van der Waals surface area contributed by atoms with Gasteiger partial charge in [0.1, 0.15) is 11.5 Å². The number of likely N-dealkylation sites (tertiary alicyclic amines) is 1. The maximum atomic E-state index is 13.2. The standard InChI is InChI=1S/C26H23BrN2O4/c1-2-12-33-21-10-4-8-19(14-21)24(30)22-23(18-7-3-9-20(27)13-18)29(26(32)25(22)31)16-17-6-5-11-28-15-17/h3-11,13-15,23,30H,2,12,16H2,1H3/b24-22+. The molecule has 168 valence electrons. The number of halogens is 1. The van der Waals surface area contributed by atoms with Crippen molar-refractivity contribution in [3.8, 4) is 5.75 Å². The summed E-state index contributed by atoms with van der Waals surface area (Å²) in [6.45, 7) is 2.73. The van der Waals surface area contributed by atoms with Crippen molar-refractivity contribution in [1.29, 1.82) is 0 Å². The monoisotopic (exact) mass is 506 g/mol. The summed E-state index contributed by atoms with van der Waals surface area (Å²) < 4.78 is 6.48. The molecule has 1 atom stereocenters.